The van der Waals surface area contributed by atoms with E-state index < -0.39 is 18.3 Å². The van der Waals surface area contributed by atoms with Gasteiger partial charge in [-0.3, -0.25) is 4.79 Å². The molecule has 2 aliphatic rings. The zero-order valence-electron chi connectivity index (χ0n) is 22.7. The average molecular weight is 514 g/mol. The minimum absolute atomic E-state index is 0.163. The van der Waals surface area contributed by atoms with E-state index in [1.807, 2.05) is 67.5 Å². The second-order valence-electron chi connectivity index (χ2n) is 10.6. The monoisotopic (exact) mass is 513 g/mol. The Balaban J connectivity index is 1.48. The van der Waals surface area contributed by atoms with Crippen LogP contribution in [0.1, 0.15) is 38.2 Å². The maximum Gasteiger partial charge on any atom is 0.328 e. The van der Waals surface area contributed by atoms with Crippen molar-refractivity contribution < 1.29 is 20.5 Å². The molecule has 1 N–H and O–H groups in total. The molecule has 2 bridgehead atoms. The number of aliphatic carboxylic acids is 1. The van der Waals surface area contributed by atoms with Crippen molar-refractivity contribution in [3.8, 4) is 11.1 Å². The number of fused-ring (bicyclic) bond motifs is 2. The van der Waals surface area contributed by atoms with Crippen LogP contribution in [0.4, 0.5) is 15.8 Å². The molecule has 2 saturated carbocycles. The highest BCUT2D eigenvalue weighted by molar-refractivity contribution is 5.96. The lowest BCUT2D eigenvalue weighted by Crippen LogP contribution is -2.38. The maximum atomic E-state index is 14.7. The van der Waals surface area contributed by atoms with Crippen LogP contribution >= 0.6 is 0 Å². The van der Waals surface area contributed by atoms with Crippen LogP contribution in [0.15, 0.2) is 72.8 Å². The number of halogens is 1. The molecule has 38 heavy (non-hydrogen) atoms. The van der Waals surface area contributed by atoms with E-state index in [-0.39, 0.29) is 17.5 Å². The number of rotatable bonds is 8. The van der Waals surface area contributed by atoms with Gasteiger partial charge in [-0.1, -0.05) is 42.8 Å². The molecule has 196 valence electrons. The fourth-order valence-corrected chi connectivity index (χ4v) is 5.85. The molecule has 0 aliphatic heterocycles. The van der Waals surface area contributed by atoms with Gasteiger partial charge in [0, 0.05) is 37.5 Å². The normalized spacial score (nSPS) is 21.3. The molecule has 3 aromatic rings. The van der Waals surface area contributed by atoms with E-state index >= 15 is 0 Å². The summed E-state index contributed by atoms with van der Waals surface area (Å²) in [6.07, 6.45) is 6.21. The minimum Gasteiger partial charge on any atom is -0.478 e. The predicted molar refractivity (Wildman–Crippen MR) is 149 cm³/mol. The summed E-state index contributed by atoms with van der Waals surface area (Å²) in [6.45, 7) is -1.08. The Bertz CT molecular complexity index is 1390. The van der Waals surface area contributed by atoms with Crippen molar-refractivity contribution >= 4 is 29.3 Å². The SMILES string of the molecule is [2H]C(c1ccc(-c2ccc(N(C)C)cc2)cc1)N(C(=O)[C@@H]1C[C@@H]2CC[C@H]1C2)c1cc(F)cc(/C=C/C(=O)O)c1. The van der Waals surface area contributed by atoms with Crippen LogP contribution in [0.2, 0.25) is 0 Å². The molecule has 0 saturated heterocycles. The van der Waals surface area contributed by atoms with Crippen molar-refractivity contribution in [3.63, 3.8) is 0 Å². The first kappa shape index (κ1) is 24.4. The summed E-state index contributed by atoms with van der Waals surface area (Å²) in [4.78, 5) is 28.4. The first-order valence-electron chi connectivity index (χ1n) is 13.6. The van der Waals surface area contributed by atoms with Crippen molar-refractivity contribution in [2.24, 2.45) is 17.8 Å². The third kappa shape index (κ3) is 5.64. The average Bonchev–Trinajstić information content (AvgIpc) is 3.56. The number of benzene rings is 3. The summed E-state index contributed by atoms with van der Waals surface area (Å²) in [5.41, 5.74) is 4.34. The number of amides is 1. The fraction of sp³-hybridized carbons (Fsp3) is 0.312. The Labute approximate surface area is 224 Å². The van der Waals surface area contributed by atoms with E-state index in [2.05, 4.69) is 0 Å². The van der Waals surface area contributed by atoms with Crippen LogP contribution in [0, 0.1) is 23.6 Å². The van der Waals surface area contributed by atoms with Gasteiger partial charge < -0.3 is 14.9 Å². The van der Waals surface area contributed by atoms with Crippen molar-refractivity contribution in [1.82, 2.24) is 0 Å². The molecule has 1 amide bonds. The van der Waals surface area contributed by atoms with Gasteiger partial charge in [-0.05, 0) is 89.8 Å². The lowest BCUT2D eigenvalue weighted by atomic mass is 9.87. The molecule has 1 unspecified atom stereocenters. The largest absolute Gasteiger partial charge is 0.478 e. The standard InChI is InChI=1S/C32H33FN2O3/c1-34(2)28-12-10-25(11-13-28)24-7-3-21(4-8-24)20-35(32(38)30-18-22-5-9-26(30)15-22)29-17-23(6-14-31(36)37)16-27(33)19-29/h3-4,6-8,10-14,16-17,19,22,26,30H,5,9,15,18,20H2,1-2H3,(H,36,37)/b14-6+/t22-,26+,30-/m1/s1/i20D/t20?,22-,26+,30-. The summed E-state index contributed by atoms with van der Waals surface area (Å²) in [5, 5.41) is 9.02. The van der Waals surface area contributed by atoms with Gasteiger partial charge in [0.25, 0.3) is 0 Å². The highest BCUT2D eigenvalue weighted by Crippen LogP contribution is 2.49. The number of nitrogens with zero attached hydrogens (tertiary/aromatic N) is 2. The van der Waals surface area contributed by atoms with Crippen LogP contribution in [-0.4, -0.2) is 31.1 Å². The van der Waals surface area contributed by atoms with Gasteiger partial charge in [-0.15, -0.1) is 0 Å². The van der Waals surface area contributed by atoms with Gasteiger partial charge in [0.05, 0.1) is 7.89 Å². The summed E-state index contributed by atoms with van der Waals surface area (Å²) in [6, 6.07) is 19.8. The number of carboxylic acid groups (broad SMARTS) is 1. The molecule has 5 nitrogen and oxygen atoms in total. The van der Waals surface area contributed by atoms with Crippen molar-refractivity contribution in [2.75, 3.05) is 23.9 Å². The van der Waals surface area contributed by atoms with Gasteiger partial charge in [-0.2, -0.15) is 0 Å². The first-order chi connectivity index (χ1) is 18.7. The molecule has 2 fully saturated rings. The number of carbonyl (C=O) groups excluding carboxylic acids is 1. The summed E-state index contributed by atoms with van der Waals surface area (Å²) in [5.74, 6) is -1.26. The topological polar surface area (TPSA) is 60.9 Å². The molecule has 0 aromatic heterocycles. The molecule has 3 aromatic carbocycles. The van der Waals surface area contributed by atoms with Gasteiger partial charge in [0.2, 0.25) is 5.91 Å². The summed E-state index contributed by atoms with van der Waals surface area (Å²) >= 11 is 0. The zero-order chi connectivity index (χ0) is 27.7. The number of anilines is 2. The smallest absolute Gasteiger partial charge is 0.328 e. The zero-order valence-corrected chi connectivity index (χ0v) is 21.7. The first-order valence-corrected chi connectivity index (χ1v) is 13.0. The highest BCUT2D eigenvalue weighted by Gasteiger charge is 2.44. The molecule has 6 heteroatoms. The lowest BCUT2D eigenvalue weighted by molar-refractivity contribution is -0.131. The second-order valence-corrected chi connectivity index (χ2v) is 10.6. The molecular weight excluding hydrogens is 479 g/mol. The van der Waals surface area contributed by atoms with E-state index in [1.54, 1.807) is 6.07 Å². The van der Waals surface area contributed by atoms with Crippen LogP contribution in [-0.2, 0) is 16.1 Å². The minimum atomic E-state index is -1.15. The molecule has 4 atom stereocenters. The predicted octanol–water partition coefficient (Wildman–Crippen LogP) is 6.63. The summed E-state index contributed by atoms with van der Waals surface area (Å²) < 4.78 is 23.9. The third-order valence-electron chi connectivity index (χ3n) is 7.80. The number of hydrogen-bond acceptors (Lipinski definition) is 3. The van der Waals surface area contributed by atoms with E-state index in [0.717, 1.165) is 48.6 Å². The molecule has 0 spiro atoms. The van der Waals surface area contributed by atoms with Gasteiger partial charge >= 0.3 is 5.97 Å². The van der Waals surface area contributed by atoms with E-state index in [1.165, 1.54) is 23.1 Å². The summed E-state index contributed by atoms with van der Waals surface area (Å²) in [7, 11) is 3.98. The van der Waals surface area contributed by atoms with Crippen LogP contribution in [0.5, 0.6) is 0 Å². The number of carboxylic acids is 1. The Kier molecular flexibility index (Phi) is 6.95. The van der Waals surface area contributed by atoms with E-state index in [9.17, 15) is 14.0 Å². The van der Waals surface area contributed by atoms with Crippen LogP contribution < -0.4 is 9.80 Å². The Morgan fingerprint density at radius 1 is 0.974 bits per heavy atom. The van der Waals surface area contributed by atoms with Crippen LogP contribution in [0.25, 0.3) is 17.2 Å². The maximum absolute atomic E-state index is 14.7. The van der Waals surface area contributed by atoms with Crippen LogP contribution in [0.3, 0.4) is 0 Å². The Morgan fingerprint density at radius 2 is 1.66 bits per heavy atom. The van der Waals surface area contributed by atoms with Gasteiger partial charge in [-0.25, -0.2) is 9.18 Å². The van der Waals surface area contributed by atoms with Gasteiger partial charge in [0.1, 0.15) is 5.82 Å². The van der Waals surface area contributed by atoms with Gasteiger partial charge in [0.15, 0.2) is 0 Å². The third-order valence-corrected chi connectivity index (χ3v) is 7.80. The van der Waals surface area contributed by atoms with Crippen molar-refractivity contribution in [3.05, 3.63) is 89.8 Å². The molecule has 2 aliphatic carbocycles. The quantitative estimate of drug-likeness (QED) is 0.344. The highest BCUT2D eigenvalue weighted by atomic mass is 19.1. The van der Waals surface area contributed by atoms with E-state index in [0.29, 0.717) is 23.0 Å². The fourth-order valence-electron chi connectivity index (χ4n) is 5.85. The van der Waals surface area contributed by atoms with E-state index in [4.69, 9.17) is 6.48 Å². The Hall–Kier alpha value is -3.93. The second kappa shape index (κ2) is 10.8. The van der Waals surface area contributed by atoms with Crippen molar-refractivity contribution in [1.29, 1.82) is 0 Å². The number of hydrogen-bond donors (Lipinski definition) is 1. The molecule has 0 heterocycles. The van der Waals surface area contributed by atoms with Crippen molar-refractivity contribution in [2.45, 2.75) is 32.2 Å². The number of carbonyl (C=O) groups is 2. The molecular formula is C32H33FN2O3. The lowest BCUT2D eigenvalue weighted by Gasteiger charge is -2.30. The Morgan fingerprint density at radius 3 is 2.24 bits per heavy atom. The molecule has 0 radical (unpaired) electrons. The molecule has 5 rings (SSSR count).